The van der Waals surface area contributed by atoms with Crippen molar-refractivity contribution in [3.05, 3.63) is 0 Å². The zero-order chi connectivity index (χ0) is 11.5. The number of unbranched alkanes of at least 4 members (excludes halogenated alkanes) is 4. The molecular weight excluding hydrogens is 240 g/mol. The summed E-state index contributed by atoms with van der Waals surface area (Å²) in [4.78, 5) is 0. The average molecular weight is 267 g/mol. The van der Waals surface area contributed by atoms with Crippen LogP contribution in [0.25, 0.3) is 0 Å². The van der Waals surface area contributed by atoms with Crippen LogP contribution in [-0.4, -0.2) is 9.16 Å². The fourth-order valence-corrected chi connectivity index (χ4v) is 3.96. The van der Waals surface area contributed by atoms with Crippen molar-refractivity contribution in [3.63, 3.8) is 0 Å². The second-order valence-corrected chi connectivity index (χ2v) is 7.39. The quantitative estimate of drug-likeness (QED) is 0.303. The highest BCUT2D eigenvalue weighted by Gasteiger charge is 2.09. The maximum absolute atomic E-state index is 4.60. The molecule has 92 valence electrons. The lowest BCUT2D eigenvalue weighted by atomic mass is 10.2. The van der Waals surface area contributed by atoms with Crippen LogP contribution in [0.15, 0.2) is 0 Å². The van der Waals surface area contributed by atoms with Gasteiger partial charge in [0.25, 0.3) is 0 Å². The highest BCUT2D eigenvalue weighted by molar-refractivity contribution is 8.16. The van der Waals surface area contributed by atoms with Crippen LogP contribution in [0.2, 0.25) is 0 Å². The van der Waals surface area contributed by atoms with Crippen molar-refractivity contribution >= 4 is 37.0 Å². The number of thiol groups is 2. The molecule has 0 nitrogen and oxygen atoms in total. The van der Waals surface area contributed by atoms with Crippen LogP contribution < -0.4 is 0 Å². The van der Waals surface area contributed by atoms with Gasteiger partial charge < -0.3 is 0 Å². The summed E-state index contributed by atoms with van der Waals surface area (Å²) < 4.78 is 0.973. The van der Waals surface area contributed by atoms with Gasteiger partial charge in [-0.05, 0) is 12.8 Å². The first kappa shape index (κ1) is 16.1. The van der Waals surface area contributed by atoms with Crippen molar-refractivity contribution < 1.29 is 0 Å². The predicted molar refractivity (Wildman–Crippen MR) is 81.4 cm³/mol. The minimum atomic E-state index is 0.487. The molecule has 15 heavy (non-hydrogen) atoms. The average Bonchev–Trinajstić information content (AvgIpc) is 2.18. The van der Waals surface area contributed by atoms with Crippen molar-refractivity contribution in [1.29, 1.82) is 0 Å². The summed E-state index contributed by atoms with van der Waals surface area (Å²) >= 11 is 11.1. The van der Waals surface area contributed by atoms with Gasteiger partial charge in [0.2, 0.25) is 0 Å². The first-order chi connectivity index (χ1) is 7.20. The standard InChI is InChI=1S/C12H26S3/c1-3-5-7-9-11(13)15-12(14)10-8-6-4-2/h11-14H,3-10H2,1-2H3. The second-order valence-electron chi connectivity index (χ2n) is 4.04. The highest BCUT2D eigenvalue weighted by Crippen LogP contribution is 2.30. The summed E-state index contributed by atoms with van der Waals surface area (Å²) in [5.74, 6) is 0. The Labute approximate surface area is 111 Å². The third kappa shape index (κ3) is 11.3. The maximum Gasteiger partial charge on any atom is 0.0483 e. The van der Waals surface area contributed by atoms with Crippen molar-refractivity contribution in [3.8, 4) is 0 Å². The van der Waals surface area contributed by atoms with E-state index in [-0.39, 0.29) is 0 Å². The third-order valence-electron chi connectivity index (χ3n) is 2.42. The number of hydrogen-bond donors (Lipinski definition) is 2. The number of hydrogen-bond acceptors (Lipinski definition) is 3. The van der Waals surface area contributed by atoms with Crippen LogP contribution in [0.5, 0.6) is 0 Å². The molecule has 0 aromatic carbocycles. The summed E-state index contributed by atoms with van der Waals surface area (Å²) in [5, 5.41) is 0. The molecule has 0 spiro atoms. The summed E-state index contributed by atoms with van der Waals surface area (Å²) in [6.45, 7) is 4.49. The molecule has 0 aliphatic rings. The second kappa shape index (κ2) is 11.5. The van der Waals surface area contributed by atoms with E-state index in [0.29, 0.717) is 9.16 Å². The maximum atomic E-state index is 4.60. The summed E-state index contributed by atoms with van der Waals surface area (Å²) in [6, 6.07) is 0. The van der Waals surface area contributed by atoms with Gasteiger partial charge in [-0.3, -0.25) is 0 Å². The lowest BCUT2D eigenvalue weighted by Crippen LogP contribution is -2.01. The van der Waals surface area contributed by atoms with Gasteiger partial charge in [-0.2, -0.15) is 25.3 Å². The molecule has 0 aliphatic carbocycles. The number of thioether (sulfide) groups is 1. The van der Waals surface area contributed by atoms with E-state index in [4.69, 9.17) is 0 Å². The van der Waals surface area contributed by atoms with Crippen molar-refractivity contribution in [1.82, 2.24) is 0 Å². The molecule has 0 rings (SSSR count). The van der Waals surface area contributed by atoms with E-state index in [1.54, 1.807) is 0 Å². The van der Waals surface area contributed by atoms with Gasteiger partial charge in [0, 0.05) is 9.16 Å². The van der Waals surface area contributed by atoms with E-state index >= 15 is 0 Å². The van der Waals surface area contributed by atoms with Gasteiger partial charge >= 0.3 is 0 Å². The lowest BCUT2D eigenvalue weighted by molar-refractivity contribution is 0.689. The minimum Gasteiger partial charge on any atom is -0.165 e. The molecule has 0 saturated carbocycles. The van der Waals surface area contributed by atoms with Crippen LogP contribution in [0.1, 0.15) is 65.2 Å². The van der Waals surface area contributed by atoms with Gasteiger partial charge in [0.15, 0.2) is 0 Å². The zero-order valence-corrected chi connectivity index (χ0v) is 12.7. The molecule has 0 radical (unpaired) electrons. The monoisotopic (exact) mass is 266 g/mol. The van der Waals surface area contributed by atoms with E-state index in [0.717, 1.165) is 0 Å². The van der Waals surface area contributed by atoms with Crippen molar-refractivity contribution in [2.75, 3.05) is 0 Å². The molecule has 0 aliphatic heterocycles. The Hall–Kier alpha value is 1.05. The normalized spacial score (nSPS) is 15.2. The van der Waals surface area contributed by atoms with Gasteiger partial charge in [0.05, 0.1) is 0 Å². The molecule has 0 N–H and O–H groups in total. The van der Waals surface area contributed by atoms with Gasteiger partial charge in [-0.25, -0.2) is 0 Å². The first-order valence-electron chi connectivity index (χ1n) is 6.22. The Bertz CT molecular complexity index is 114. The Balaban J connectivity index is 3.35. The van der Waals surface area contributed by atoms with Crippen LogP contribution in [0.4, 0.5) is 0 Å². The molecule has 2 atom stereocenters. The molecule has 0 aromatic rings. The molecule has 0 aromatic heterocycles. The fraction of sp³-hybridized carbons (Fsp3) is 1.00. The topological polar surface area (TPSA) is 0 Å². The summed E-state index contributed by atoms with van der Waals surface area (Å²) in [5.41, 5.74) is 0. The molecule has 0 heterocycles. The summed E-state index contributed by atoms with van der Waals surface area (Å²) in [6.07, 6.45) is 10.4. The van der Waals surface area contributed by atoms with Crippen molar-refractivity contribution in [2.45, 2.75) is 74.4 Å². The molecule has 0 fully saturated rings. The van der Waals surface area contributed by atoms with E-state index in [1.807, 2.05) is 11.8 Å². The Morgan fingerprint density at radius 1 is 0.800 bits per heavy atom. The Morgan fingerprint density at radius 2 is 1.20 bits per heavy atom. The largest absolute Gasteiger partial charge is 0.165 e. The van der Waals surface area contributed by atoms with Gasteiger partial charge in [-0.15, -0.1) is 11.8 Å². The summed E-state index contributed by atoms with van der Waals surface area (Å²) in [7, 11) is 0. The van der Waals surface area contributed by atoms with Crippen LogP contribution in [-0.2, 0) is 0 Å². The highest BCUT2D eigenvalue weighted by atomic mass is 32.2. The van der Waals surface area contributed by atoms with Crippen LogP contribution in [0.3, 0.4) is 0 Å². The minimum absolute atomic E-state index is 0.487. The Kier molecular flexibility index (Phi) is 12.3. The molecular formula is C12H26S3. The first-order valence-corrected chi connectivity index (χ1v) is 8.19. The molecule has 0 amide bonds. The SMILES string of the molecule is CCCCCC(S)SC(S)CCCCC. The molecule has 3 heteroatoms. The van der Waals surface area contributed by atoms with E-state index < -0.39 is 0 Å². The zero-order valence-electron chi connectivity index (χ0n) is 10.1. The van der Waals surface area contributed by atoms with Crippen LogP contribution in [0, 0.1) is 0 Å². The smallest absolute Gasteiger partial charge is 0.0483 e. The fourth-order valence-electron chi connectivity index (χ4n) is 1.46. The molecule has 2 unspecified atom stereocenters. The lowest BCUT2D eigenvalue weighted by Gasteiger charge is -2.15. The van der Waals surface area contributed by atoms with Gasteiger partial charge in [0.1, 0.15) is 0 Å². The van der Waals surface area contributed by atoms with E-state index in [9.17, 15) is 0 Å². The third-order valence-corrected chi connectivity index (χ3v) is 4.77. The van der Waals surface area contributed by atoms with E-state index in [2.05, 4.69) is 39.1 Å². The van der Waals surface area contributed by atoms with Crippen molar-refractivity contribution in [2.24, 2.45) is 0 Å². The molecule has 0 saturated heterocycles. The van der Waals surface area contributed by atoms with E-state index in [1.165, 1.54) is 51.4 Å². The van der Waals surface area contributed by atoms with Crippen LogP contribution >= 0.6 is 37.0 Å². The van der Waals surface area contributed by atoms with Gasteiger partial charge in [-0.1, -0.05) is 52.4 Å². The predicted octanol–water partition coefficient (Wildman–Crippen LogP) is 5.39. The molecule has 0 bridgehead atoms. The Morgan fingerprint density at radius 3 is 1.53 bits per heavy atom. The number of rotatable bonds is 10.